The Morgan fingerprint density at radius 2 is 2.11 bits per heavy atom. The molecule has 5 heteroatoms. The van der Waals surface area contributed by atoms with Crippen LogP contribution in [0.15, 0.2) is 10.5 Å². The number of methoxy groups -OCH3 is 1. The molecule has 0 saturated heterocycles. The van der Waals surface area contributed by atoms with Gasteiger partial charge in [0.15, 0.2) is 11.5 Å². The summed E-state index contributed by atoms with van der Waals surface area (Å²) < 4.78 is 19.9. The van der Waals surface area contributed by atoms with Gasteiger partial charge < -0.3 is 15.6 Å². The molecule has 1 aliphatic rings. The van der Waals surface area contributed by atoms with E-state index >= 15 is 0 Å². The monoisotopic (exact) mass is 317 g/mol. The third-order valence-corrected chi connectivity index (χ3v) is 4.42. The van der Waals surface area contributed by atoms with Crippen molar-refractivity contribution in [2.24, 2.45) is 5.73 Å². The minimum absolute atomic E-state index is 0.0551. The Labute approximate surface area is 114 Å². The molecule has 0 spiro atoms. The first-order valence-electron chi connectivity index (χ1n) is 6.01. The standard InChI is InChI=1S/C13H17BrFNO2/c1-18-12-9(17)6-8(14)11(15)10(12)13(7-16)4-2-3-5-13/h6,17H,2-5,7,16H2,1H3. The molecule has 0 unspecified atom stereocenters. The summed E-state index contributed by atoms with van der Waals surface area (Å²) >= 11 is 3.13. The zero-order valence-corrected chi connectivity index (χ0v) is 11.9. The summed E-state index contributed by atoms with van der Waals surface area (Å²) in [5.41, 5.74) is 5.87. The Balaban J connectivity index is 2.67. The number of hydrogen-bond donors (Lipinski definition) is 2. The quantitative estimate of drug-likeness (QED) is 0.900. The van der Waals surface area contributed by atoms with E-state index < -0.39 is 5.41 Å². The average molecular weight is 318 g/mol. The third kappa shape index (κ3) is 1.99. The molecule has 0 radical (unpaired) electrons. The van der Waals surface area contributed by atoms with E-state index in [0.29, 0.717) is 12.1 Å². The second-order valence-electron chi connectivity index (χ2n) is 4.79. The molecule has 0 atom stereocenters. The molecule has 1 aliphatic carbocycles. The second-order valence-corrected chi connectivity index (χ2v) is 5.65. The van der Waals surface area contributed by atoms with E-state index in [2.05, 4.69) is 15.9 Å². The van der Waals surface area contributed by atoms with Gasteiger partial charge in [0, 0.05) is 23.6 Å². The van der Waals surface area contributed by atoms with E-state index in [1.54, 1.807) is 0 Å². The molecule has 1 aromatic carbocycles. The molecule has 1 aromatic rings. The van der Waals surface area contributed by atoms with Crippen LogP contribution in [0.1, 0.15) is 31.2 Å². The van der Waals surface area contributed by atoms with Crippen LogP contribution in [-0.4, -0.2) is 18.8 Å². The highest BCUT2D eigenvalue weighted by molar-refractivity contribution is 9.10. The normalized spacial score (nSPS) is 18.0. The van der Waals surface area contributed by atoms with E-state index in [4.69, 9.17) is 10.5 Å². The largest absolute Gasteiger partial charge is 0.504 e. The summed E-state index contributed by atoms with van der Waals surface area (Å²) in [7, 11) is 1.44. The average Bonchev–Trinajstić information content (AvgIpc) is 2.83. The van der Waals surface area contributed by atoms with Gasteiger partial charge in [0.25, 0.3) is 0 Å². The number of halogens is 2. The van der Waals surface area contributed by atoms with Crippen LogP contribution in [0.25, 0.3) is 0 Å². The van der Waals surface area contributed by atoms with Crippen molar-refractivity contribution in [2.45, 2.75) is 31.1 Å². The second kappa shape index (κ2) is 5.05. The van der Waals surface area contributed by atoms with Crippen LogP contribution in [0.3, 0.4) is 0 Å². The fraction of sp³-hybridized carbons (Fsp3) is 0.538. The predicted molar refractivity (Wildman–Crippen MR) is 71.5 cm³/mol. The van der Waals surface area contributed by atoms with Gasteiger partial charge >= 0.3 is 0 Å². The number of benzene rings is 1. The molecule has 0 amide bonds. The first-order valence-corrected chi connectivity index (χ1v) is 6.80. The summed E-state index contributed by atoms with van der Waals surface area (Å²) in [5.74, 6) is -0.222. The van der Waals surface area contributed by atoms with Crippen molar-refractivity contribution in [1.82, 2.24) is 0 Å². The lowest BCUT2D eigenvalue weighted by atomic mass is 9.78. The number of phenolic OH excluding ortho intramolecular Hbond substituents is 1. The number of ether oxygens (including phenoxy) is 1. The van der Waals surface area contributed by atoms with Crippen molar-refractivity contribution >= 4 is 15.9 Å². The molecular weight excluding hydrogens is 301 g/mol. The van der Waals surface area contributed by atoms with Gasteiger partial charge in [-0.3, -0.25) is 0 Å². The zero-order valence-electron chi connectivity index (χ0n) is 10.3. The van der Waals surface area contributed by atoms with Crippen molar-refractivity contribution in [1.29, 1.82) is 0 Å². The Morgan fingerprint density at radius 1 is 1.50 bits per heavy atom. The molecule has 1 saturated carbocycles. The lowest BCUT2D eigenvalue weighted by molar-refractivity contribution is 0.337. The highest BCUT2D eigenvalue weighted by Crippen LogP contribution is 2.49. The first-order chi connectivity index (χ1) is 8.55. The van der Waals surface area contributed by atoms with Crippen molar-refractivity contribution in [2.75, 3.05) is 13.7 Å². The van der Waals surface area contributed by atoms with Gasteiger partial charge in [0.05, 0.1) is 11.6 Å². The zero-order chi connectivity index (χ0) is 13.3. The van der Waals surface area contributed by atoms with Crippen LogP contribution in [0.2, 0.25) is 0 Å². The minimum atomic E-state index is -0.420. The number of rotatable bonds is 3. The predicted octanol–water partition coefficient (Wildman–Crippen LogP) is 3.07. The van der Waals surface area contributed by atoms with Crippen molar-refractivity contribution in [3.8, 4) is 11.5 Å². The first kappa shape index (κ1) is 13.6. The number of nitrogens with two attached hydrogens (primary N) is 1. The fourth-order valence-electron chi connectivity index (χ4n) is 2.88. The summed E-state index contributed by atoms with van der Waals surface area (Å²) in [6.45, 7) is 0.357. The van der Waals surface area contributed by atoms with E-state index in [1.807, 2.05) is 0 Å². The molecule has 1 fully saturated rings. The maximum Gasteiger partial charge on any atom is 0.167 e. The Kier molecular flexibility index (Phi) is 3.82. The third-order valence-electron chi connectivity index (χ3n) is 3.84. The Hall–Kier alpha value is -0.810. The van der Waals surface area contributed by atoms with Crippen molar-refractivity contribution < 1.29 is 14.2 Å². The minimum Gasteiger partial charge on any atom is -0.504 e. The van der Waals surface area contributed by atoms with Crippen LogP contribution < -0.4 is 10.5 Å². The molecule has 0 aromatic heterocycles. The highest BCUT2D eigenvalue weighted by atomic mass is 79.9. The molecular formula is C13H17BrFNO2. The van der Waals surface area contributed by atoms with Gasteiger partial charge in [-0.1, -0.05) is 12.8 Å². The Morgan fingerprint density at radius 3 is 2.61 bits per heavy atom. The molecule has 100 valence electrons. The van der Waals surface area contributed by atoms with Crippen molar-refractivity contribution in [3.63, 3.8) is 0 Å². The van der Waals surface area contributed by atoms with Crippen molar-refractivity contribution in [3.05, 3.63) is 21.9 Å². The topological polar surface area (TPSA) is 55.5 Å². The number of aromatic hydroxyl groups is 1. The molecule has 18 heavy (non-hydrogen) atoms. The van der Waals surface area contributed by atoms with E-state index in [-0.39, 0.29) is 21.8 Å². The van der Waals surface area contributed by atoms with Crippen LogP contribution in [0.5, 0.6) is 11.5 Å². The molecule has 0 aliphatic heterocycles. The van der Waals surface area contributed by atoms with E-state index in [0.717, 1.165) is 25.7 Å². The molecule has 0 bridgehead atoms. The maximum atomic E-state index is 14.4. The smallest absolute Gasteiger partial charge is 0.167 e. The van der Waals surface area contributed by atoms with Gasteiger partial charge in [-0.25, -0.2) is 4.39 Å². The number of phenols is 1. The van der Waals surface area contributed by atoms with E-state index in [9.17, 15) is 9.50 Å². The lowest BCUT2D eigenvalue weighted by Gasteiger charge is -2.30. The van der Waals surface area contributed by atoms with Gasteiger partial charge in [-0.2, -0.15) is 0 Å². The van der Waals surface area contributed by atoms with E-state index in [1.165, 1.54) is 13.2 Å². The Bertz CT molecular complexity index is 459. The summed E-state index contributed by atoms with van der Waals surface area (Å²) in [6.07, 6.45) is 3.69. The summed E-state index contributed by atoms with van der Waals surface area (Å²) in [6, 6.07) is 1.32. The van der Waals surface area contributed by atoms with Gasteiger partial charge in [0.2, 0.25) is 0 Å². The SMILES string of the molecule is COc1c(O)cc(Br)c(F)c1C1(CN)CCCC1. The molecule has 0 heterocycles. The van der Waals surface area contributed by atoms with Gasteiger partial charge in [0.1, 0.15) is 5.82 Å². The van der Waals surface area contributed by atoms with Crippen LogP contribution in [-0.2, 0) is 5.41 Å². The molecule has 2 rings (SSSR count). The number of hydrogen-bond acceptors (Lipinski definition) is 3. The maximum absolute atomic E-state index is 14.4. The lowest BCUT2D eigenvalue weighted by Crippen LogP contribution is -2.33. The fourth-order valence-corrected chi connectivity index (χ4v) is 3.30. The summed E-state index contributed by atoms with van der Waals surface area (Å²) in [5, 5.41) is 9.90. The van der Waals surface area contributed by atoms with Crippen LogP contribution in [0.4, 0.5) is 4.39 Å². The van der Waals surface area contributed by atoms with Crippen LogP contribution in [0, 0.1) is 5.82 Å². The molecule has 3 N–H and O–H groups in total. The summed E-state index contributed by atoms with van der Waals surface area (Å²) in [4.78, 5) is 0. The molecule has 3 nitrogen and oxygen atoms in total. The van der Waals surface area contributed by atoms with Gasteiger partial charge in [-0.15, -0.1) is 0 Å². The van der Waals surface area contributed by atoms with Crippen LogP contribution >= 0.6 is 15.9 Å². The van der Waals surface area contributed by atoms with Gasteiger partial charge in [-0.05, 0) is 28.8 Å². The highest BCUT2D eigenvalue weighted by Gasteiger charge is 2.40.